The number of hydrogen-bond acceptors (Lipinski definition) is 2. The van der Waals surface area contributed by atoms with E-state index >= 15 is 0 Å². The maximum atomic E-state index is 5.36. The zero-order chi connectivity index (χ0) is 17.6. The number of nitrogens with two attached hydrogens (primary N) is 1. The maximum Gasteiger partial charge on any atom is 0.0205 e. The van der Waals surface area contributed by atoms with Gasteiger partial charge in [-0.3, -0.25) is 0 Å². The Morgan fingerprint density at radius 2 is 1.00 bits per heavy atom. The first-order valence-electron chi connectivity index (χ1n) is 8.91. The lowest BCUT2D eigenvalue weighted by molar-refractivity contribution is 0.687. The second-order valence-corrected chi connectivity index (χ2v) is 5.92. The van der Waals surface area contributed by atoms with E-state index in [1.54, 1.807) is 0 Å². The second-order valence-electron chi connectivity index (χ2n) is 5.92. The molecular formula is C23H28N2. The Hall–Kier alpha value is -2.42. The lowest BCUT2D eigenvalue weighted by atomic mass is 10.1. The highest BCUT2D eigenvalue weighted by Crippen LogP contribution is 2.00. The van der Waals surface area contributed by atoms with Crippen molar-refractivity contribution in [3.05, 3.63) is 108 Å². The van der Waals surface area contributed by atoms with Gasteiger partial charge in [-0.05, 0) is 42.6 Å². The maximum absolute atomic E-state index is 5.36. The van der Waals surface area contributed by atoms with Gasteiger partial charge in [0.05, 0.1) is 0 Å². The summed E-state index contributed by atoms with van der Waals surface area (Å²) >= 11 is 0. The zero-order valence-electron chi connectivity index (χ0n) is 14.8. The molecule has 3 aromatic carbocycles. The molecule has 2 nitrogen and oxygen atoms in total. The quantitative estimate of drug-likeness (QED) is 0.636. The van der Waals surface area contributed by atoms with Gasteiger partial charge >= 0.3 is 0 Å². The molecule has 0 spiro atoms. The summed E-state index contributed by atoms with van der Waals surface area (Å²) in [6, 6.07) is 31.3. The van der Waals surface area contributed by atoms with Crippen LogP contribution in [0.3, 0.4) is 0 Å². The molecule has 25 heavy (non-hydrogen) atoms. The molecule has 130 valence electrons. The third-order valence-corrected chi connectivity index (χ3v) is 3.88. The number of rotatable bonds is 7. The van der Waals surface area contributed by atoms with Crippen LogP contribution in [0, 0.1) is 0 Å². The van der Waals surface area contributed by atoms with Gasteiger partial charge in [-0.1, -0.05) is 91.0 Å². The summed E-state index contributed by atoms with van der Waals surface area (Å²) in [5.41, 5.74) is 9.41. The highest BCUT2D eigenvalue weighted by molar-refractivity contribution is 5.16. The van der Waals surface area contributed by atoms with E-state index in [-0.39, 0.29) is 0 Å². The minimum Gasteiger partial charge on any atom is -0.330 e. The van der Waals surface area contributed by atoms with Gasteiger partial charge in [0.1, 0.15) is 0 Å². The number of benzene rings is 3. The van der Waals surface area contributed by atoms with Gasteiger partial charge in [-0.25, -0.2) is 0 Å². The molecule has 3 rings (SSSR count). The highest BCUT2D eigenvalue weighted by atomic mass is 14.8. The summed E-state index contributed by atoms with van der Waals surface area (Å²) in [5, 5.41) is 3.45. The molecule has 2 heteroatoms. The Bertz CT molecular complexity index is 625. The first-order valence-corrected chi connectivity index (χ1v) is 8.91. The Labute approximate surface area is 151 Å². The van der Waals surface area contributed by atoms with Crippen molar-refractivity contribution >= 4 is 0 Å². The fourth-order valence-corrected chi connectivity index (χ4v) is 2.52. The van der Waals surface area contributed by atoms with Crippen LogP contribution < -0.4 is 11.1 Å². The van der Waals surface area contributed by atoms with Gasteiger partial charge in [-0.15, -0.1) is 0 Å². The number of nitrogens with one attached hydrogen (secondary N) is 1. The molecule has 0 aromatic heterocycles. The predicted octanol–water partition coefficient (Wildman–Crippen LogP) is 4.21. The van der Waals surface area contributed by atoms with Crippen LogP contribution in [-0.4, -0.2) is 13.1 Å². The molecule has 0 aliphatic heterocycles. The van der Waals surface area contributed by atoms with Crippen LogP contribution in [0.15, 0.2) is 91.0 Å². The molecule has 0 heterocycles. The fraction of sp³-hybridized carbons (Fsp3) is 0.217. The summed E-state index contributed by atoms with van der Waals surface area (Å²) < 4.78 is 0. The van der Waals surface area contributed by atoms with Crippen molar-refractivity contribution in [2.24, 2.45) is 5.73 Å². The standard InChI is InChI=1S/C15H17N.C8H11N/c1-3-7-14(8-4-1)11-12-16-13-15-9-5-2-6-10-15;9-7-6-8-4-2-1-3-5-8/h1-10,16H,11-13H2;1-5H,6-7,9H2. The molecule has 0 atom stereocenters. The molecule has 0 fully saturated rings. The molecule has 0 amide bonds. The fourth-order valence-electron chi connectivity index (χ4n) is 2.52. The molecule has 0 aliphatic carbocycles. The second kappa shape index (κ2) is 12.0. The molecular weight excluding hydrogens is 304 g/mol. The van der Waals surface area contributed by atoms with Gasteiger partial charge < -0.3 is 11.1 Å². The van der Waals surface area contributed by atoms with Crippen LogP contribution in [0.25, 0.3) is 0 Å². The average molecular weight is 332 g/mol. The third kappa shape index (κ3) is 8.30. The summed E-state index contributed by atoms with van der Waals surface area (Å²) in [6.07, 6.45) is 2.08. The molecule has 0 bridgehead atoms. The van der Waals surface area contributed by atoms with Crippen molar-refractivity contribution in [2.75, 3.05) is 13.1 Å². The van der Waals surface area contributed by atoms with E-state index in [2.05, 4.69) is 72.0 Å². The summed E-state index contributed by atoms with van der Waals surface area (Å²) in [6.45, 7) is 2.72. The Kier molecular flexibility index (Phi) is 9.09. The van der Waals surface area contributed by atoms with Crippen LogP contribution >= 0.6 is 0 Å². The van der Waals surface area contributed by atoms with Gasteiger partial charge in [0.15, 0.2) is 0 Å². The van der Waals surface area contributed by atoms with E-state index in [1.165, 1.54) is 16.7 Å². The lowest BCUT2D eigenvalue weighted by Gasteiger charge is -2.04. The Balaban J connectivity index is 0.000000212. The summed E-state index contributed by atoms with van der Waals surface area (Å²) in [7, 11) is 0. The van der Waals surface area contributed by atoms with Crippen LogP contribution in [0.1, 0.15) is 16.7 Å². The topological polar surface area (TPSA) is 38.0 Å². The van der Waals surface area contributed by atoms with Crippen molar-refractivity contribution in [3.8, 4) is 0 Å². The van der Waals surface area contributed by atoms with Crippen molar-refractivity contribution in [2.45, 2.75) is 19.4 Å². The summed E-state index contributed by atoms with van der Waals surface area (Å²) in [4.78, 5) is 0. The normalized spacial score (nSPS) is 9.96. The Morgan fingerprint density at radius 3 is 1.48 bits per heavy atom. The molecule has 0 saturated carbocycles. The van der Waals surface area contributed by atoms with E-state index in [1.807, 2.05) is 24.3 Å². The van der Waals surface area contributed by atoms with E-state index in [9.17, 15) is 0 Å². The molecule has 0 saturated heterocycles. The lowest BCUT2D eigenvalue weighted by Crippen LogP contribution is -2.16. The van der Waals surface area contributed by atoms with Crippen LogP contribution in [0.2, 0.25) is 0 Å². The van der Waals surface area contributed by atoms with Gasteiger partial charge in [0, 0.05) is 6.54 Å². The van der Waals surface area contributed by atoms with Gasteiger partial charge in [0.25, 0.3) is 0 Å². The molecule has 0 radical (unpaired) electrons. The van der Waals surface area contributed by atoms with Crippen molar-refractivity contribution < 1.29 is 0 Å². The smallest absolute Gasteiger partial charge is 0.0205 e. The Morgan fingerprint density at radius 1 is 0.560 bits per heavy atom. The van der Waals surface area contributed by atoms with Crippen molar-refractivity contribution in [1.82, 2.24) is 5.32 Å². The molecule has 0 unspecified atom stereocenters. The number of hydrogen-bond donors (Lipinski definition) is 2. The van der Waals surface area contributed by atoms with E-state index < -0.39 is 0 Å². The predicted molar refractivity (Wildman–Crippen MR) is 107 cm³/mol. The van der Waals surface area contributed by atoms with Crippen molar-refractivity contribution in [3.63, 3.8) is 0 Å². The van der Waals surface area contributed by atoms with Gasteiger partial charge in [0.2, 0.25) is 0 Å². The largest absolute Gasteiger partial charge is 0.330 e. The van der Waals surface area contributed by atoms with E-state index in [0.29, 0.717) is 0 Å². The molecule has 0 aliphatic rings. The van der Waals surface area contributed by atoms with Crippen LogP contribution in [0.4, 0.5) is 0 Å². The van der Waals surface area contributed by atoms with Crippen LogP contribution in [-0.2, 0) is 19.4 Å². The minimum absolute atomic E-state index is 0.740. The summed E-state index contributed by atoms with van der Waals surface area (Å²) in [5.74, 6) is 0. The molecule has 3 aromatic rings. The third-order valence-electron chi connectivity index (χ3n) is 3.88. The first-order chi connectivity index (χ1) is 12.4. The van der Waals surface area contributed by atoms with Crippen molar-refractivity contribution in [1.29, 1.82) is 0 Å². The zero-order valence-corrected chi connectivity index (χ0v) is 14.8. The van der Waals surface area contributed by atoms with Gasteiger partial charge in [-0.2, -0.15) is 0 Å². The molecule has 3 N–H and O–H groups in total. The monoisotopic (exact) mass is 332 g/mol. The highest BCUT2D eigenvalue weighted by Gasteiger charge is 1.92. The average Bonchev–Trinajstić information content (AvgIpc) is 2.69. The van der Waals surface area contributed by atoms with E-state index in [4.69, 9.17) is 5.73 Å². The first kappa shape index (κ1) is 18.9. The van der Waals surface area contributed by atoms with Crippen LogP contribution in [0.5, 0.6) is 0 Å². The van der Waals surface area contributed by atoms with E-state index in [0.717, 1.165) is 32.5 Å². The SMILES string of the molecule is NCCc1ccccc1.c1ccc(CCNCc2ccccc2)cc1. The minimum atomic E-state index is 0.740.